The van der Waals surface area contributed by atoms with E-state index in [-0.39, 0.29) is 17.2 Å². The van der Waals surface area contributed by atoms with Crippen molar-refractivity contribution in [3.8, 4) is 0 Å². The quantitative estimate of drug-likeness (QED) is 0.697. The van der Waals surface area contributed by atoms with Crippen LogP contribution in [0.4, 0.5) is 5.69 Å². The number of hydrogen-bond acceptors (Lipinski definition) is 3. The van der Waals surface area contributed by atoms with Gasteiger partial charge in [0.2, 0.25) is 6.67 Å². The minimum absolute atomic E-state index is 0. The standard InChI is InChI=1S/C14H16N3O.ClH/c1-15-11-13-7-5-6-10-16(13)17(18,12-15)14-8-3-2-4-9-14;/h2-11,18H,12H2,1H3;1H/q+1;/p-1. The van der Waals surface area contributed by atoms with Crippen molar-refractivity contribution >= 4 is 5.69 Å². The van der Waals surface area contributed by atoms with E-state index >= 15 is 0 Å². The fourth-order valence-electron chi connectivity index (χ4n) is 2.37. The number of benzene rings is 1. The van der Waals surface area contributed by atoms with Crippen LogP contribution in [0.15, 0.2) is 66.7 Å². The molecule has 1 aromatic carbocycles. The van der Waals surface area contributed by atoms with Gasteiger partial charge in [0.15, 0.2) is 5.69 Å². The first-order valence-electron chi connectivity index (χ1n) is 5.93. The van der Waals surface area contributed by atoms with Gasteiger partial charge in [-0.2, -0.15) is 10.2 Å². The number of hydrogen-bond donors (Lipinski definition) is 1. The molecule has 5 heteroatoms. The van der Waals surface area contributed by atoms with Gasteiger partial charge < -0.3 is 17.3 Å². The van der Waals surface area contributed by atoms with Gasteiger partial charge in [-0.05, 0) is 16.9 Å². The first kappa shape index (κ1) is 13.7. The van der Waals surface area contributed by atoms with Crippen LogP contribution in [-0.4, -0.2) is 28.8 Å². The highest BCUT2D eigenvalue weighted by atomic mass is 35.5. The molecule has 2 aliphatic rings. The van der Waals surface area contributed by atoms with Crippen LogP contribution >= 0.6 is 0 Å². The summed E-state index contributed by atoms with van der Waals surface area (Å²) in [7, 11) is 1.96. The van der Waals surface area contributed by atoms with Gasteiger partial charge in [0.05, 0.1) is 6.20 Å². The fourth-order valence-corrected chi connectivity index (χ4v) is 2.37. The topological polar surface area (TPSA) is 26.7 Å². The minimum Gasteiger partial charge on any atom is -1.00 e. The van der Waals surface area contributed by atoms with Crippen molar-refractivity contribution in [1.82, 2.24) is 14.7 Å². The molecule has 1 N–H and O–H groups in total. The summed E-state index contributed by atoms with van der Waals surface area (Å²) in [5, 5.41) is 12.9. The van der Waals surface area contributed by atoms with Crippen LogP contribution < -0.4 is 17.2 Å². The Labute approximate surface area is 119 Å². The van der Waals surface area contributed by atoms with Gasteiger partial charge in [-0.3, -0.25) is 0 Å². The van der Waals surface area contributed by atoms with Crippen LogP contribution in [0.3, 0.4) is 0 Å². The Morgan fingerprint density at radius 3 is 2.63 bits per heavy atom. The number of rotatable bonds is 1. The van der Waals surface area contributed by atoms with Crippen LogP contribution in [0.1, 0.15) is 0 Å². The fraction of sp³-hybridized carbons (Fsp3) is 0.143. The summed E-state index contributed by atoms with van der Waals surface area (Å²) >= 11 is 0. The molecule has 1 unspecified atom stereocenters. The Kier molecular flexibility index (Phi) is 3.66. The van der Waals surface area contributed by atoms with E-state index in [0.29, 0.717) is 6.67 Å². The molecule has 3 rings (SSSR count). The Morgan fingerprint density at radius 1 is 1.16 bits per heavy atom. The highest BCUT2D eigenvalue weighted by molar-refractivity contribution is 5.43. The van der Waals surface area contributed by atoms with E-state index in [1.165, 1.54) is 0 Å². The van der Waals surface area contributed by atoms with Crippen LogP contribution in [0.25, 0.3) is 0 Å². The highest BCUT2D eigenvalue weighted by Gasteiger charge is 2.41. The smallest absolute Gasteiger partial charge is 0.214 e. The highest BCUT2D eigenvalue weighted by Crippen LogP contribution is 2.31. The number of para-hydroxylation sites is 1. The number of quaternary nitrogens is 1. The van der Waals surface area contributed by atoms with Gasteiger partial charge in [-0.25, -0.2) is 0 Å². The molecule has 0 saturated heterocycles. The Hall–Kier alpha value is -1.75. The molecular weight excluding hydrogens is 262 g/mol. The predicted molar refractivity (Wildman–Crippen MR) is 70.9 cm³/mol. The maximum atomic E-state index is 11.0. The molecule has 4 nitrogen and oxygen atoms in total. The monoisotopic (exact) mass is 277 g/mol. The van der Waals surface area contributed by atoms with E-state index in [1.807, 2.05) is 77.9 Å². The molecule has 0 aliphatic carbocycles. The SMILES string of the molecule is CN1C=C2C=CC=CN2[N+](O)(c2ccccc2)C1.[Cl-]. The Balaban J connectivity index is 0.00000133. The minimum atomic E-state index is -0.260. The van der Waals surface area contributed by atoms with Gasteiger partial charge in [0.25, 0.3) is 0 Å². The number of allylic oxidation sites excluding steroid dienone is 3. The maximum absolute atomic E-state index is 11.0. The second-order valence-electron chi connectivity index (χ2n) is 4.56. The molecule has 0 saturated carbocycles. The zero-order valence-corrected chi connectivity index (χ0v) is 11.4. The summed E-state index contributed by atoms with van der Waals surface area (Å²) in [6, 6.07) is 9.69. The summed E-state index contributed by atoms with van der Waals surface area (Å²) in [6.45, 7) is 0.478. The van der Waals surface area contributed by atoms with Gasteiger partial charge in [0, 0.05) is 25.4 Å². The molecular formula is C14H16ClN3O. The lowest BCUT2D eigenvalue weighted by Gasteiger charge is -2.43. The van der Waals surface area contributed by atoms with Crippen molar-refractivity contribution in [2.75, 3.05) is 13.7 Å². The van der Waals surface area contributed by atoms with E-state index < -0.39 is 0 Å². The van der Waals surface area contributed by atoms with Crippen LogP contribution in [0.5, 0.6) is 0 Å². The third kappa shape index (κ3) is 2.26. The molecule has 0 radical (unpaired) electrons. The molecule has 100 valence electrons. The van der Waals surface area contributed by atoms with Crippen LogP contribution in [0, 0.1) is 0 Å². The Bertz CT molecular complexity index is 541. The van der Waals surface area contributed by atoms with Crippen LogP contribution in [-0.2, 0) is 0 Å². The molecule has 0 spiro atoms. The third-order valence-electron chi connectivity index (χ3n) is 3.17. The molecule has 0 bridgehead atoms. The lowest BCUT2D eigenvalue weighted by Crippen LogP contribution is -3.00. The normalized spacial score (nSPS) is 24.6. The van der Waals surface area contributed by atoms with Crippen molar-refractivity contribution in [1.29, 1.82) is 0 Å². The first-order valence-corrected chi connectivity index (χ1v) is 5.93. The lowest BCUT2D eigenvalue weighted by molar-refractivity contribution is -0.219. The summed E-state index contributed by atoms with van der Waals surface area (Å²) in [6.07, 6.45) is 9.80. The predicted octanol–water partition coefficient (Wildman–Crippen LogP) is -0.568. The third-order valence-corrected chi connectivity index (χ3v) is 3.17. The summed E-state index contributed by atoms with van der Waals surface area (Å²) in [5.74, 6) is 0. The van der Waals surface area contributed by atoms with Crippen molar-refractivity contribution in [2.24, 2.45) is 0 Å². The van der Waals surface area contributed by atoms with Crippen molar-refractivity contribution in [3.63, 3.8) is 0 Å². The zero-order chi connectivity index (χ0) is 12.6. The zero-order valence-electron chi connectivity index (χ0n) is 10.6. The molecule has 1 atom stereocenters. The van der Waals surface area contributed by atoms with Gasteiger partial charge in [-0.1, -0.05) is 24.3 Å². The second kappa shape index (κ2) is 5.09. The molecule has 0 aromatic heterocycles. The average molecular weight is 278 g/mol. The van der Waals surface area contributed by atoms with E-state index in [1.54, 1.807) is 0 Å². The van der Waals surface area contributed by atoms with E-state index in [4.69, 9.17) is 0 Å². The van der Waals surface area contributed by atoms with E-state index in [9.17, 15) is 5.21 Å². The first-order chi connectivity index (χ1) is 8.70. The molecule has 2 heterocycles. The lowest BCUT2D eigenvalue weighted by atomic mass is 10.2. The van der Waals surface area contributed by atoms with Gasteiger partial charge in [0.1, 0.15) is 5.70 Å². The number of nitrogens with zero attached hydrogens (tertiary/aromatic N) is 3. The largest absolute Gasteiger partial charge is 1.00 e. The van der Waals surface area contributed by atoms with Crippen molar-refractivity contribution in [3.05, 3.63) is 66.7 Å². The second-order valence-corrected chi connectivity index (χ2v) is 4.56. The average Bonchev–Trinajstić information content (AvgIpc) is 2.39. The molecule has 1 aromatic rings. The number of halogens is 1. The molecule has 0 fully saturated rings. The van der Waals surface area contributed by atoms with Crippen molar-refractivity contribution < 1.29 is 17.6 Å². The molecule has 2 aliphatic heterocycles. The molecule has 0 amide bonds. The van der Waals surface area contributed by atoms with Crippen LogP contribution in [0.2, 0.25) is 0 Å². The van der Waals surface area contributed by atoms with E-state index in [0.717, 1.165) is 11.4 Å². The number of hydroxylamine groups is 1. The summed E-state index contributed by atoms with van der Waals surface area (Å²) in [5.41, 5.74) is 1.81. The summed E-state index contributed by atoms with van der Waals surface area (Å²) in [4.78, 5) is 1.99. The van der Waals surface area contributed by atoms with Gasteiger partial charge >= 0.3 is 0 Å². The van der Waals surface area contributed by atoms with Gasteiger partial charge in [-0.15, -0.1) is 0 Å². The van der Waals surface area contributed by atoms with Crippen molar-refractivity contribution in [2.45, 2.75) is 0 Å². The maximum Gasteiger partial charge on any atom is 0.214 e. The van der Waals surface area contributed by atoms with E-state index in [2.05, 4.69) is 0 Å². The Morgan fingerprint density at radius 2 is 1.89 bits per heavy atom. The summed E-state index contributed by atoms with van der Waals surface area (Å²) < 4.78 is -0.260. The molecule has 19 heavy (non-hydrogen) atoms. The number of fused-ring (bicyclic) bond motifs is 1.